The van der Waals surface area contributed by atoms with Crippen LogP contribution in [-0.4, -0.2) is 47.7 Å². The molecular weight excluding hydrogens is 304 g/mol. The minimum absolute atomic E-state index is 0.00751. The fourth-order valence-corrected chi connectivity index (χ4v) is 3.52. The van der Waals surface area contributed by atoms with Crippen molar-refractivity contribution in [1.29, 1.82) is 0 Å². The fourth-order valence-electron chi connectivity index (χ4n) is 3.52. The Kier molecular flexibility index (Phi) is 3.74. The monoisotopic (exact) mass is 324 g/mol. The summed E-state index contributed by atoms with van der Waals surface area (Å²) in [6, 6.07) is 1.17. The third kappa shape index (κ3) is 2.27. The first-order chi connectivity index (χ1) is 10.8. The molecule has 7 heteroatoms. The minimum atomic E-state index is -1.13. The number of fused-ring (bicyclic) bond motifs is 2. The summed E-state index contributed by atoms with van der Waals surface area (Å²) in [6.07, 6.45) is -0.843. The molecule has 0 amide bonds. The van der Waals surface area contributed by atoms with Gasteiger partial charge in [-0.1, -0.05) is 0 Å². The molecule has 1 saturated heterocycles. The van der Waals surface area contributed by atoms with Crippen LogP contribution in [0.3, 0.4) is 0 Å². The average molecular weight is 324 g/mol. The number of aromatic hydroxyl groups is 2. The van der Waals surface area contributed by atoms with Gasteiger partial charge in [0.15, 0.2) is 23.1 Å². The van der Waals surface area contributed by atoms with Gasteiger partial charge in [0.05, 0.1) is 31.3 Å². The summed E-state index contributed by atoms with van der Waals surface area (Å²) < 4.78 is 15.9. The van der Waals surface area contributed by atoms with E-state index < -0.39 is 23.7 Å². The largest absolute Gasteiger partial charge is 0.507 e. The second kappa shape index (κ2) is 5.36. The third-order valence-corrected chi connectivity index (χ3v) is 4.91. The lowest BCUT2D eigenvalue weighted by atomic mass is 9.69. The summed E-state index contributed by atoms with van der Waals surface area (Å²) in [5, 5.41) is 31.2. The van der Waals surface area contributed by atoms with Crippen molar-refractivity contribution in [3.63, 3.8) is 0 Å². The average Bonchev–Trinajstić information content (AvgIpc) is 2.54. The summed E-state index contributed by atoms with van der Waals surface area (Å²) in [5.74, 6) is -2.99. The molecule has 0 radical (unpaired) electrons. The van der Waals surface area contributed by atoms with Crippen LogP contribution < -0.4 is 4.74 Å². The molecule has 3 N–H and O–H groups in total. The van der Waals surface area contributed by atoms with Gasteiger partial charge in [-0.05, 0) is 6.92 Å². The molecule has 0 aromatic heterocycles. The molecule has 3 rings (SSSR count). The van der Waals surface area contributed by atoms with Gasteiger partial charge in [0.1, 0.15) is 5.75 Å². The van der Waals surface area contributed by atoms with Crippen molar-refractivity contribution >= 4 is 5.78 Å². The molecule has 1 aliphatic heterocycles. The first-order valence-electron chi connectivity index (χ1n) is 7.37. The highest BCUT2D eigenvalue weighted by atomic mass is 16.7. The number of benzene rings is 1. The van der Waals surface area contributed by atoms with Crippen molar-refractivity contribution < 1.29 is 34.3 Å². The maximum absolute atomic E-state index is 12.7. The molecule has 1 aliphatic carbocycles. The summed E-state index contributed by atoms with van der Waals surface area (Å²) in [4.78, 5) is 12.7. The Bertz CT molecular complexity index is 656. The predicted molar refractivity (Wildman–Crippen MR) is 78.6 cm³/mol. The van der Waals surface area contributed by atoms with E-state index in [1.54, 1.807) is 6.92 Å². The summed E-state index contributed by atoms with van der Waals surface area (Å²) in [7, 11) is 2.83. The Hall–Kier alpha value is -1.83. The molecule has 1 heterocycles. The van der Waals surface area contributed by atoms with E-state index in [-0.39, 0.29) is 47.2 Å². The van der Waals surface area contributed by atoms with E-state index in [4.69, 9.17) is 14.2 Å². The van der Waals surface area contributed by atoms with Crippen molar-refractivity contribution in [3.05, 3.63) is 17.2 Å². The van der Waals surface area contributed by atoms with Crippen LogP contribution in [0, 0.1) is 11.8 Å². The highest BCUT2D eigenvalue weighted by molar-refractivity contribution is 6.04. The molecule has 4 unspecified atom stereocenters. The molecular formula is C16H20O7. The topological polar surface area (TPSA) is 105 Å². The zero-order valence-electron chi connectivity index (χ0n) is 13.2. The summed E-state index contributed by atoms with van der Waals surface area (Å²) >= 11 is 0. The molecule has 0 bridgehead atoms. The van der Waals surface area contributed by atoms with Crippen LogP contribution in [0.15, 0.2) is 6.07 Å². The number of rotatable bonds is 2. The Balaban J connectivity index is 2.13. The second-order valence-electron chi connectivity index (χ2n) is 6.17. The number of hydrogen-bond donors (Lipinski definition) is 3. The lowest BCUT2D eigenvalue weighted by Crippen LogP contribution is -2.49. The molecule has 0 spiro atoms. The lowest BCUT2D eigenvalue weighted by Gasteiger charge is -2.45. The predicted octanol–water partition coefficient (Wildman–Crippen LogP) is 1.35. The number of Topliss-reactive ketones (excluding diaryl/α,β-unsaturated/α-hetero) is 1. The van der Waals surface area contributed by atoms with E-state index in [2.05, 4.69) is 0 Å². The Morgan fingerprint density at radius 1 is 1.35 bits per heavy atom. The van der Waals surface area contributed by atoms with Gasteiger partial charge in [-0.2, -0.15) is 0 Å². The van der Waals surface area contributed by atoms with Gasteiger partial charge in [0.25, 0.3) is 0 Å². The lowest BCUT2D eigenvalue weighted by molar-refractivity contribution is -0.257. The Morgan fingerprint density at radius 2 is 2.04 bits per heavy atom. The Labute approximate surface area is 133 Å². The van der Waals surface area contributed by atoms with Crippen molar-refractivity contribution in [1.82, 2.24) is 0 Å². The van der Waals surface area contributed by atoms with Crippen molar-refractivity contribution in [2.24, 2.45) is 11.8 Å². The van der Waals surface area contributed by atoms with Gasteiger partial charge >= 0.3 is 0 Å². The number of ether oxygens (including phenoxy) is 3. The van der Waals surface area contributed by atoms with Crippen molar-refractivity contribution in [3.8, 4) is 17.2 Å². The number of phenols is 2. The number of carbonyl (C=O) groups excluding carboxylic acids is 1. The highest BCUT2D eigenvalue weighted by Crippen LogP contribution is 2.52. The van der Waals surface area contributed by atoms with E-state index in [0.29, 0.717) is 0 Å². The van der Waals surface area contributed by atoms with Crippen LogP contribution in [0.4, 0.5) is 0 Å². The van der Waals surface area contributed by atoms with Gasteiger partial charge in [-0.3, -0.25) is 4.79 Å². The maximum atomic E-state index is 12.7. The highest BCUT2D eigenvalue weighted by Gasteiger charge is 2.51. The Morgan fingerprint density at radius 3 is 2.65 bits per heavy atom. The molecule has 2 aliphatic rings. The molecule has 23 heavy (non-hydrogen) atoms. The van der Waals surface area contributed by atoms with Crippen LogP contribution >= 0.6 is 0 Å². The second-order valence-corrected chi connectivity index (χ2v) is 6.17. The summed E-state index contributed by atoms with van der Waals surface area (Å²) in [5.41, 5.74) is -0.0601. The zero-order valence-corrected chi connectivity index (χ0v) is 13.2. The van der Waals surface area contributed by atoms with E-state index in [0.717, 1.165) is 0 Å². The quantitative estimate of drug-likeness (QED) is 0.705. The first kappa shape index (κ1) is 16.0. The van der Waals surface area contributed by atoms with Crippen molar-refractivity contribution in [2.45, 2.75) is 25.2 Å². The SMILES string of the molecule is COc1cc(O)c2c(c1O)C(O)C1CC(C)(OC)OCC1C2=O. The third-order valence-electron chi connectivity index (χ3n) is 4.91. The van der Waals surface area contributed by atoms with Gasteiger partial charge in [0.2, 0.25) is 0 Å². The molecule has 4 atom stereocenters. The number of hydrogen-bond acceptors (Lipinski definition) is 7. The van der Waals surface area contributed by atoms with Crippen LogP contribution in [-0.2, 0) is 9.47 Å². The number of carbonyl (C=O) groups is 1. The van der Waals surface area contributed by atoms with Crippen LogP contribution in [0.2, 0.25) is 0 Å². The molecule has 126 valence electrons. The minimum Gasteiger partial charge on any atom is -0.507 e. The van der Waals surface area contributed by atoms with Gasteiger partial charge in [0, 0.05) is 31.1 Å². The van der Waals surface area contributed by atoms with E-state index >= 15 is 0 Å². The molecule has 7 nitrogen and oxygen atoms in total. The van der Waals surface area contributed by atoms with Gasteiger partial charge in [-0.25, -0.2) is 0 Å². The van der Waals surface area contributed by atoms with E-state index in [9.17, 15) is 20.1 Å². The zero-order chi connectivity index (χ0) is 16.9. The summed E-state index contributed by atoms with van der Waals surface area (Å²) in [6.45, 7) is 1.81. The normalized spacial score (nSPS) is 33.0. The van der Waals surface area contributed by atoms with Crippen LogP contribution in [0.5, 0.6) is 17.2 Å². The van der Waals surface area contributed by atoms with Crippen LogP contribution in [0.25, 0.3) is 0 Å². The molecule has 0 saturated carbocycles. The maximum Gasteiger partial charge on any atom is 0.172 e. The van der Waals surface area contributed by atoms with Crippen molar-refractivity contribution in [2.75, 3.05) is 20.8 Å². The van der Waals surface area contributed by atoms with Gasteiger partial charge < -0.3 is 29.5 Å². The van der Waals surface area contributed by atoms with E-state index in [1.807, 2.05) is 0 Å². The number of aliphatic hydroxyl groups excluding tert-OH is 1. The number of methoxy groups -OCH3 is 2. The van der Waals surface area contributed by atoms with Crippen LogP contribution in [0.1, 0.15) is 35.4 Å². The fraction of sp³-hybridized carbons (Fsp3) is 0.562. The number of aliphatic hydroxyl groups is 1. The number of ketones is 1. The molecule has 1 aromatic rings. The number of phenolic OH excluding ortho intramolecular Hbond substituents is 2. The molecule has 1 aromatic carbocycles. The van der Waals surface area contributed by atoms with Gasteiger partial charge in [-0.15, -0.1) is 0 Å². The van der Waals surface area contributed by atoms with E-state index in [1.165, 1.54) is 20.3 Å². The first-order valence-corrected chi connectivity index (χ1v) is 7.37. The standard InChI is InChI=1S/C16H20O7/c1-16(22-3)5-7-8(6-23-16)14(19)11-9(17)4-10(21-2)15(20)12(11)13(7)18/h4,7-8,13,17-18,20H,5-6H2,1-3H3. The molecule has 1 fully saturated rings. The smallest absolute Gasteiger partial charge is 0.172 e.